The summed E-state index contributed by atoms with van der Waals surface area (Å²) in [5.41, 5.74) is 1.23. The lowest BCUT2D eigenvalue weighted by Crippen LogP contribution is -2.32. The molecular formula is C12H17NO2. The molecule has 3 nitrogen and oxygen atoms in total. The van der Waals surface area contributed by atoms with E-state index in [1.807, 2.05) is 24.3 Å². The van der Waals surface area contributed by atoms with Crippen molar-refractivity contribution in [1.82, 2.24) is 5.32 Å². The molecule has 0 aliphatic carbocycles. The van der Waals surface area contributed by atoms with E-state index in [2.05, 4.69) is 5.32 Å². The van der Waals surface area contributed by atoms with Crippen LogP contribution in [0.5, 0.6) is 5.75 Å². The summed E-state index contributed by atoms with van der Waals surface area (Å²) < 4.78 is 5.10. The molecule has 1 aromatic rings. The summed E-state index contributed by atoms with van der Waals surface area (Å²) in [6.07, 6.45) is 1.54. The lowest BCUT2D eigenvalue weighted by molar-refractivity contribution is 0.159. The molecule has 2 N–H and O–H groups in total. The predicted molar refractivity (Wildman–Crippen MR) is 59.1 cm³/mol. The molecule has 2 atom stereocenters. The van der Waals surface area contributed by atoms with Crippen LogP contribution in [0, 0.1) is 0 Å². The molecule has 0 spiro atoms. The number of methoxy groups -OCH3 is 1. The van der Waals surface area contributed by atoms with Gasteiger partial charge >= 0.3 is 0 Å². The minimum atomic E-state index is -0.202. The van der Waals surface area contributed by atoms with Gasteiger partial charge < -0.3 is 15.2 Å². The molecule has 1 aliphatic rings. The molecule has 15 heavy (non-hydrogen) atoms. The zero-order valence-electron chi connectivity index (χ0n) is 8.94. The Hall–Kier alpha value is -1.06. The second-order valence-electron chi connectivity index (χ2n) is 3.97. The van der Waals surface area contributed by atoms with Crippen LogP contribution in [0.3, 0.4) is 0 Å². The molecule has 0 amide bonds. The molecule has 0 radical (unpaired) electrons. The van der Waals surface area contributed by atoms with E-state index in [1.54, 1.807) is 7.11 Å². The van der Waals surface area contributed by atoms with Gasteiger partial charge in [-0.15, -0.1) is 0 Å². The number of benzene rings is 1. The SMILES string of the molecule is COc1ccc(C[C@H]2NCC[C@H]2O)cc1. The largest absolute Gasteiger partial charge is 0.497 e. The van der Waals surface area contributed by atoms with Gasteiger partial charge in [0.2, 0.25) is 0 Å². The molecule has 3 heteroatoms. The molecule has 0 aromatic heterocycles. The Bertz CT molecular complexity index is 310. The number of aliphatic hydroxyl groups excluding tert-OH is 1. The van der Waals surface area contributed by atoms with Crippen molar-refractivity contribution in [3.63, 3.8) is 0 Å². The van der Waals surface area contributed by atoms with Gasteiger partial charge in [0.1, 0.15) is 5.75 Å². The van der Waals surface area contributed by atoms with Crippen molar-refractivity contribution in [3.05, 3.63) is 29.8 Å². The average molecular weight is 207 g/mol. The summed E-state index contributed by atoms with van der Waals surface area (Å²) in [4.78, 5) is 0. The first kappa shape index (κ1) is 10.5. The summed E-state index contributed by atoms with van der Waals surface area (Å²) in [5.74, 6) is 0.874. The van der Waals surface area contributed by atoms with Crippen LogP contribution in [0.1, 0.15) is 12.0 Å². The Morgan fingerprint density at radius 2 is 2.13 bits per heavy atom. The molecule has 0 unspecified atom stereocenters. The molecule has 1 aliphatic heterocycles. The second-order valence-corrected chi connectivity index (χ2v) is 3.97. The molecule has 1 aromatic carbocycles. The third kappa shape index (κ3) is 2.49. The third-order valence-electron chi connectivity index (χ3n) is 2.93. The number of aliphatic hydroxyl groups is 1. The Morgan fingerprint density at radius 3 is 2.67 bits per heavy atom. The molecule has 82 valence electrons. The van der Waals surface area contributed by atoms with Crippen molar-refractivity contribution in [3.8, 4) is 5.75 Å². The Kier molecular flexibility index (Phi) is 3.23. The number of hydrogen-bond donors (Lipinski definition) is 2. The summed E-state index contributed by atoms with van der Waals surface area (Å²) in [7, 11) is 1.66. The minimum absolute atomic E-state index is 0.202. The Morgan fingerprint density at radius 1 is 1.40 bits per heavy atom. The van der Waals surface area contributed by atoms with Crippen LogP contribution in [0.25, 0.3) is 0 Å². The zero-order chi connectivity index (χ0) is 10.7. The van der Waals surface area contributed by atoms with Crippen LogP contribution in [0.4, 0.5) is 0 Å². The van der Waals surface area contributed by atoms with E-state index in [1.165, 1.54) is 5.56 Å². The van der Waals surface area contributed by atoms with Crippen LogP contribution in [-0.2, 0) is 6.42 Å². The van der Waals surface area contributed by atoms with Crippen molar-refractivity contribution in [1.29, 1.82) is 0 Å². The van der Waals surface area contributed by atoms with Crippen LogP contribution in [0.2, 0.25) is 0 Å². The minimum Gasteiger partial charge on any atom is -0.497 e. The van der Waals surface area contributed by atoms with Gasteiger partial charge in [0, 0.05) is 6.04 Å². The first-order valence-corrected chi connectivity index (χ1v) is 5.34. The summed E-state index contributed by atoms with van der Waals surface area (Å²) >= 11 is 0. The molecular weight excluding hydrogens is 190 g/mol. The predicted octanol–water partition coefficient (Wildman–Crippen LogP) is 0.960. The maximum absolute atomic E-state index is 9.66. The van der Waals surface area contributed by atoms with E-state index < -0.39 is 0 Å². The van der Waals surface area contributed by atoms with Crippen LogP contribution in [-0.4, -0.2) is 30.9 Å². The number of nitrogens with one attached hydrogen (secondary N) is 1. The van der Waals surface area contributed by atoms with Crippen LogP contribution in [0.15, 0.2) is 24.3 Å². The van der Waals surface area contributed by atoms with Gasteiger partial charge in [-0.05, 0) is 37.1 Å². The van der Waals surface area contributed by atoms with E-state index in [0.717, 1.165) is 25.1 Å². The fourth-order valence-corrected chi connectivity index (χ4v) is 1.98. The first-order chi connectivity index (χ1) is 7.29. The highest BCUT2D eigenvalue weighted by molar-refractivity contribution is 5.27. The van der Waals surface area contributed by atoms with Gasteiger partial charge in [-0.25, -0.2) is 0 Å². The topological polar surface area (TPSA) is 41.5 Å². The lowest BCUT2D eigenvalue weighted by atomic mass is 10.0. The Balaban J connectivity index is 1.98. The highest BCUT2D eigenvalue weighted by Crippen LogP contribution is 2.16. The molecule has 1 fully saturated rings. The van der Waals surface area contributed by atoms with Gasteiger partial charge in [-0.3, -0.25) is 0 Å². The quantitative estimate of drug-likeness (QED) is 0.775. The highest BCUT2D eigenvalue weighted by atomic mass is 16.5. The summed E-state index contributed by atoms with van der Waals surface area (Å²) in [6, 6.07) is 8.21. The molecule has 1 saturated heterocycles. The van der Waals surface area contributed by atoms with Crippen molar-refractivity contribution >= 4 is 0 Å². The summed E-state index contributed by atoms with van der Waals surface area (Å²) in [6.45, 7) is 0.919. The van der Waals surface area contributed by atoms with Gasteiger partial charge in [0.15, 0.2) is 0 Å². The Labute approximate surface area is 90.1 Å². The van der Waals surface area contributed by atoms with Crippen molar-refractivity contribution < 1.29 is 9.84 Å². The highest BCUT2D eigenvalue weighted by Gasteiger charge is 2.24. The normalized spacial score (nSPS) is 25.5. The smallest absolute Gasteiger partial charge is 0.118 e. The number of ether oxygens (including phenoxy) is 1. The van der Waals surface area contributed by atoms with E-state index in [9.17, 15) is 5.11 Å². The summed E-state index contributed by atoms with van der Waals surface area (Å²) in [5, 5.41) is 13.0. The fourth-order valence-electron chi connectivity index (χ4n) is 1.98. The van der Waals surface area contributed by atoms with Gasteiger partial charge in [0.25, 0.3) is 0 Å². The molecule has 0 saturated carbocycles. The molecule has 1 heterocycles. The van der Waals surface area contributed by atoms with Gasteiger partial charge in [-0.1, -0.05) is 12.1 Å². The first-order valence-electron chi connectivity index (χ1n) is 5.34. The standard InChI is InChI=1S/C12H17NO2/c1-15-10-4-2-9(3-5-10)8-11-12(14)6-7-13-11/h2-5,11-14H,6-8H2,1H3/t11-,12-/m1/s1. The van der Waals surface area contributed by atoms with E-state index in [0.29, 0.717) is 0 Å². The third-order valence-corrected chi connectivity index (χ3v) is 2.93. The fraction of sp³-hybridized carbons (Fsp3) is 0.500. The van der Waals surface area contributed by atoms with E-state index in [-0.39, 0.29) is 12.1 Å². The number of hydrogen-bond acceptors (Lipinski definition) is 3. The van der Waals surface area contributed by atoms with Crippen LogP contribution >= 0.6 is 0 Å². The van der Waals surface area contributed by atoms with E-state index in [4.69, 9.17) is 4.74 Å². The number of rotatable bonds is 3. The van der Waals surface area contributed by atoms with Gasteiger partial charge in [0.05, 0.1) is 13.2 Å². The van der Waals surface area contributed by atoms with Crippen molar-refractivity contribution in [2.24, 2.45) is 0 Å². The average Bonchev–Trinajstić information content (AvgIpc) is 2.66. The van der Waals surface area contributed by atoms with Gasteiger partial charge in [-0.2, -0.15) is 0 Å². The maximum atomic E-state index is 9.66. The second kappa shape index (κ2) is 4.64. The van der Waals surface area contributed by atoms with Crippen molar-refractivity contribution in [2.45, 2.75) is 25.0 Å². The maximum Gasteiger partial charge on any atom is 0.118 e. The van der Waals surface area contributed by atoms with Crippen LogP contribution < -0.4 is 10.1 Å². The van der Waals surface area contributed by atoms with Crippen molar-refractivity contribution in [2.75, 3.05) is 13.7 Å². The molecule has 2 rings (SSSR count). The monoisotopic (exact) mass is 207 g/mol. The zero-order valence-corrected chi connectivity index (χ0v) is 8.94. The lowest BCUT2D eigenvalue weighted by Gasteiger charge is -2.14. The van der Waals surface area contributed by atoms with E-state index >= 15 is 0 Å². The molecule has 0 bridgehead atoms.